The van der Waals surface area contributed by atoms with Gasteiger partial charge in [0.1, 0.15) is 0 Å². The van der Waals surface area contributed by atoms with Gasteiger partial charge in [-0.25, -0.2) is 4.98 Å². The number of nitrogen functional groups attached to an aromatic ring is 1. The number of aryl methyl sites for hydroxylation is 1. The summed E-state index contributed by atoms with van der Waals surface area (Å²) >= 11 is 1.56. The first-order valence-corrected chi connectivity index (χ1v) is 6.96. The Morgan fingerprint density at radius 2 is 1.22 bits per heavy atom. The topological polar surface area (TPSA) is 38.9 Å². The van der Waals surface area contributed by atoms with Gasteiger partial charge in [0, 0.05) is 10.4 Å². The molecule has 0 aliphatic rings. The second-order valence-electron chi connectivity index (χ2n) is 4.96. The van der Waals surface area contributed by atoms with E-state index in [4.69, 9.17) is 5.73 Å². The van der Waals surface area contributed by atoms with Gasteiger partial charge in [-0.05, 0) is 69.4 Å². The van der Waals surface area contributed by atoms with Crippen molar-refractivity contribution >= 4 is 16.5 Å². The zero-order valence-corrected chi connectivity index (χ0v) is 12.7. The minimum absolute atomic E-state index is 0.650. The van der Waals surface area contributed by atoms with Gasteiger partial charge in [-0.1, -0.05) is 0 Å². The van der Waals surface area contributed by atoms with Gasteiger partial charge in [-0.3, -0.25) is 0 Å². The first kappa shape index (κ1) is 13.1. The Labute approximate surface area is 113 Å². The Kier molecular flexibility index (Phi) is 3.20. The van der Waals surface area contributed by atoms with E-state index in [-0.39, 0.29) is 0 Å². The normalized spacial score (nSPS) is 11.0. The van der Waals surface area contributed by atoms with Crippen LogP contribution in [-0.4, -0.2) is 4.98 Å². The lowest BCUT2D eigenvalue weighted by Gasteiger charge is -2.17. The van der Waals surface area contributed by atoms with Crippen molar-refractivity contribution in [3.63, 3.8) is 0 Å². The molecule has 0 bridgehead atoms. The molecule has 1 aromatic carbocycles. The van der Waals surface area contributed by atoms with E-state index in [1.54, 1.807) is 11.3 Å². The quantitative estimate of drug-likeness (QED) is 0.832. The number of benzene rings is 1. The van der Waals surface area contributed by atoms with Crippen molar-refractivity contribution in [1.82, 2.24) is 4.98 Å². The van der Waals surface area contributed by atoms with Gasteiger partial charge in [-0.15, -0.1) is 11.3 Å². The summed E-state index contributed by atoms with van der Waals surface area (Å²) in [4.78, 5) is 5.71. The maximum atomic E-state index is 5.83. The molecule has 18 heavy (non-hydrogen) atoms. The summed E-state index contributed by atoms with van der Waals surface area (Å²) in [5.41, 5.74) is 14.9. The second kappa shape index (κ2) is 4.39. The number of thiazole rings is 1. The maximum absolute atomic E-state index is 5.83. The lowest BCUT2D eigenvalue weighted by molar-refractivity contribution is 1.17. The number of hydrogen-bond donors (Lipinski definition) is 1. The summed E-state index contributed by atoms with van der Waals surface area (Å²) in [5, 5.41) is 0.650. The van der Waals surface area contributed by atoms with Crippen LogP contribution in [0.2, 0.25) is 0 Å². The molecule has 0 amide bonds. The van der Waals surface area contributed by atoms with E-state index in [9.17, 15) is 0 Å². The molecule has 0 unspecified atom stereocenters. The smallest absolute Gasteiger partial charge is 0.180 e. The van der Waals surface area contributed by atoms with Gasteiger partial charge in [0.25, 0.3) is 0 Å². The van der Waals surface area contributed by atoms with Crippen LogP contribution in [0.25, 0.3) is 11.3 Å². The Bertz CT molecular complexity index is 595. The lowest BCUT2D eigenvalue weighted by Crippen LogP contribution is -2.00. The van der Waals surface area contributed by atoms with Gasteiger partial charge in [-0.2, -0.15) is 0 Å². The summed E-state index contributed by atoms with van der Waals surface area (Å²) in [5.74, 6) is 0. The van der Waals surface area contributed by atoms with Gasteiger partial charge >= 0.3 is 0 Å². The molecule has 0 aliphatic heterocycles. The standard InChI is InChI=1S/C15H20N2S/c1-7-8(2)10(4)13(11(5)9(7)3)14-12(6)18-15(16)17-14/h1-6H3,(H2,16,17). The average Bonchev–Trinajstić information content (AvgIpc) is 2.64. The van der Waals surface area contributed by atoms with Crippen molar-refractivity contribution in [3.8, 4) is 11.3 Å². The highest BCUT2D eigenvalue weighted by Crippen LogP contribution is 2.37. The zero-order chi connectivity index (χ0) is 13.6. The van der Waals surface area contributed by atoms with Crippen molar-refractivity contribution in [2.24, 2.45) is 0 Å². The SMILES string of the molecule is Cc1sc(N)nc1-c1c(C)c(C)c(C)c(C)c1C. The van der Waals surface area contributed by atoms with Crippen molar-refractivity contribution in [2.45, 2.75) is 41.5 Å². The Morgan fingerprint density at radius 3 is 1.61 bits per heavy atom. The third-order valence-electron chi connectivity index (χ3n) is 4.05. The van der Waals surface area contributed by atoms with E-state index in [2.05, 4.69) is 46.5 Å². The highest BCUT2D eigenvalue weighted by atomic mass is 32.1. The van der Waals surface area contributed by atoms with Crippen LogP contribution < -0.4 is 5.73 Å². The largest absolute Gasteiger partial charge is 0.375 e. The Hall–Kier alpha value is -1.35. The van der Waals surface area contributed by atoms with E-state index in [0.29, 0.717) is 5.13 Å². The molecule has 1 aromatic heterocycles. The lowest BCUT2D eigenvalue weighted by atomic mass is 9.88. The average molecular weight is 260 g/mol. The number of aromatic nitrogens is 1. The molecule has 3 heteroatoms. The van der Waals surface area contributed by atoms with Crippen molar-refractivity contribution in [3.05, 3.63) is 32.7 Å². The first-order chi connectivity index (χ1) is 8.34. The third-order valence-corrected chi connectivity index (χ3v) is 4.85. The fourth-order valence-electron chi connectivity index (χ4n) is 2.50. The van der Waals surface area contributed by atoms with Gasteiger partial charge in [0.15, 0.2) is 5.13 Å². The summed E-state index contributed by atoms with van der Waals surface area (Å²) in [6.45, 7) is 13.0. The van der Waals surface area contributed by atoms with Crippen LogP contribution in [0, 0.1) is 41.5 Å². The number of anilines is 1. The minimum Gasteiger partial charge on any atom is -0.375 e. The van der Waals surface area contributed by atoms with Crippen LogP contribution in [0.15, 0.2) is 0 Å². The second-order valence-corrected chi connectivity index (χ2v) is 6.19. The number of hydrogen-bond acceptors (Lipinski definition) is 3. The van der Waals surface area contributed by atoms with Gasteiger partial charge in [0.2, 0.25) is 0 Å². The summed E-state index contributed by atoms with van der Waals surface area (Å²) in [6, 6.07) is 0. The Morgan fingerprint density at radius 1 is 0.778 bits per heavy atom. The molecule has 0 spiro atoms. The first-order valence-electron chi connectivity index (χ1n) is 6.14. The molecule has 0 atom stereocenters. The summed E-state index contributed by atoms with van der Waals surface area (Å²) in [6.07, 6.45) is 0. The van der Waals surface area contributed by atoms with Gasteiger partial charge < -0.3 is 5.73 Å². The molecule has 96 valence electrons. The van der Waals surface area contributed by atoms with Crippen molar-refractivity contribution in [2.75, 3.05) is 5.73 Å². The molecule has 2 rings (SSSR count). The van der Waals surface area contributed by atoms with Crippen LogP contribution in [0.5, 0.6) is 0 Å². The molecular weight excluding hydrogens is 240 g/mol. The number of nitrogens with two attached hydrogens (primary N) is 1. The van der Waals surface area contributed by atoms with Crippen LogP contribution >= 0.6 is 11.3 Å². The highest BCUT2D eigenvalue weighted by Gasteiger charge is 2.17. The van der Waals surface area contributed by atoms with Crippen LogP contribution in [0.3, 0.4) is 0 Å². The molecule has 0 saturated heterocycles. The third kappa shape index (κ3) is 1.83. The molecule has 0 saturated carbocycles. The Balaban J connectivity index is 2.84. The minimum atomic E-state index is 0.650. The van der Waals surface area contributed by atoms with Crippen molar-refractivity contribution < 1.29 is 0 Å². The fourth-order valence-corrected chi connectivity index (χ4v) is 3.20. The van der Waals surface area contributed by atoms with E-state index >= 15 is 0 Å². The maximum Gasteiger partial charge on any atom is 0.180 e. The van der Waals surface area contributed by atoms with Crippen LogP contribution in [0.1, 0.15) is 32.7 Å². The molecule has 2 N–H and O–H groups in total. The predicted octanol–water partition coefficient (Wildman–Crippen LogP) is 4.24. The summed E-state index contributed by atoms with van der Waals surface area (Å²) < 4.78 is 0. The monoisotopic (exact) mass is 260 g/mol. The van der Waals surface area contributed by atoms with Crippen molar-refractivity contribution in [1.29, 1.82) is 0 Å². The van der Waals surface area contributed by atoms with Crippen LogP contribution in [0.4, 0.5) is 5.13 Å². The molecule has 0 aliphatic carbocycles. The fraction of sp³-hybridized carbons (Fsp3) is 0.400. The molecule has 1 heterocycles. The molecule has 2 nitrogen and oxygen atoms in total. The van der Waals surface area contributed by atoms with E-state index < -0.39 is 0 Å². The van der Waals surface area contributed by atoms with Gasteiger partial charge in [0.05, 0.1) is 5.69 Å². The number of rotatable bonds is 1. The number of nitrogens with zero attached hydrogens (tertiary/aromatic N) is 1. The van der Waals surface area contributed by atoms with Crippen LogP contribution in [-0.2, 0) is 0 Å². The van der Waals surface area contributed by atoms with E-state index in [0.717, 1.165) is 5.69 Å². The summed E-state index contributed by atoms with van der Waals surface area (Å²) in [7, 11) is 0. The van der Waals surface area contributed by atoms with E-state index in [1.165, 1.54) is 38.3 Å². The molecule has 0 fully saturated rings. The van der Waals surface area contributed by atoms with E-state index in [1.807, 2.05) is 0 Å². The molecule has 0 radical (unpaired) electrons. The molecule has 2 aromatic rings. The predicted molar refractivity (Wildman–Crippen MR) is 80.4 cm³/mol. The molecular formula is C15H20N2S. The highest BCUT2D eigenvalue weighted by molar-refractivity contribution is 7.15. The zero-order valence-electron chi connectivity index (χ0n) is 11.9.